The van der Waals surface area contributed by atoms with Gasteiger partial charge in [0.1, 0.15) is 6.10 Å². The maximum Gasteiger partial charge on any atom is 0.338 e. The maximum absolute atomic E-state index is 12.7. The van der Waals surface area contributed by atoms with Gasteiger partial charge in [0.25, 0.3) is 0 Å². The van der Waals surface area contributed by atoms with Gasteiger partial charge < -0.3 is 44.5 Å². The van der Waals surface area contributed by atoms with Crippen LogP contribution in [0.4, 0.5) is 0 Å². The summed E-state index contributed by atoms with van der Waals surface area (Å²) in [6, 6.07) is 7.16. The van der Waals surface area contributed by atoms with E-state index in [-0.39, 0.29) is 34.1 Å². The van der Waals surface area contributed by atoms with Gasteiger partial charge in [-0.1, -0.05) is 0 Å². The molecule has 188 valence electrons. The van der Waals surface area contributed by atoms with Crippen molar-refractivity contribution in [2.75, 3.05) is 14.2 Å². The van der Waals surface area contributed by atoms with Crippen LogP contribution in [0, 0.1) is 0 Å². The van der Waals surface area contributed by atoms with Crippen molar-refractivity contribution in [3.05, 3.63) is 47.5 Å². The number of methoxy groups -OCH3 is 2. The fraction of sp³-hybridized carbons (Fsp3) is 0.348. The number of benzene rings is 2. The number of esters is 2. The minimum atomic E-state index is -2.46. The molecule has 1 saturated carbocycles. The molecule has 0 radical (unpaired) electrons. The first-order chi connectivity index (χ1) is 16.5. The molecule has 2 aromatic carbocycles. The highest BCUT2D eigenvalue weighted by Gasteiger charge is 2.52. The summed E-state index contributed by atoms with van der Waals surface area (Å²) in [5.74, 6) is -4.18. The Morgan fingerprint density at radius 1 is 0.857 bits per heavy atom. The number of hydrogen-bond donors (Lipinski definition) is 5. The number of carboxylic acids is 1. The van der Waals surface area contributed by atoms with E-state index in [0.717, 1.165) is 0 Å². The second kappa shape index (κ2) is 10.1. The number of aromatic hydroxyl groups is 2. The number of aliphatic carboxylic acids is 1. The van der Waals surface area contributed by atoms with Gasteiger partial charge in [0.05, 0.1) is 31.5 Å². The van der Waals surface area contributed by atoms with Crippen molar-refractivity contribution in [3.63, 3.8) is 0 Å². The number of carbonyl (C=O) groups is 3. The quantitative estimate of drug-likeness (QED) is 0.343. The van der Waals surface area contributed by atoms with Gasteiger partial charge in [-0.15, -0.1) is 0 Å². The molecule has 0 bridgehead atoms. The Kier molecular flexibility index (Phi) is 7.37. The van der Waals surface area contributed by atoms with E-state index in [1.54, 1.807) is 0 Å². The summed E-state index contributed by atoms with van der Waals surface area (Å²) >= 11 is 0. The summed E-state index contributed by atoms with van der Waals surface area (Å²) in [6.45, 7) is 0. The number of phenolic OH excluding ortho intramolecular Hbond substituents is 2. The van der Waals surface area contributed by atoms with Crippen LogP contribution in [0.15, 0.2) is 36.4 Å². The predicted molar refractivity (Wildman–Crippen MR) is 116 cm³/mol. The number of carboxylic acid groups (broad SMARTS) is 1. The van der Waals surface area contributed by atoms with Gasteiger partial charge in [-0.3, -0.25) is 0 Å². The minimum absolute atomic E-state index is 0.0202. The number of rotatable bonds is 7. The standard InChI is InChI=1S/C23H24O12/c1-32-16-7-11(3-5-13(16)24)20(27)34-18-10-23(31,22(29)30)9-15(26)19(18)35-21(28)12-4-6-14(25)17(8-12)33-2/h3-8,15,18-19,24-26,31H,9-10H2,1-2H3,(H,29,30). The van der Waals surface area contributed by atoms with Crippen LogP contribution in [0.2, 0.25) is 0 Å². The minimum Gasteiger partial charge on any atom is -0.504 e. The van der Waals surface area contributed by atoms with Crippen molar-refractivity contribution in [1.29, 1.82) is 0 Å². The molecular weight excluding hydrogens is 468 g/mol. The normalized spacial score (nSPS) is 23.7. The summed E-state index contributed by atoms with van der Waals surface area (Å²) in [5, 5.41) is 49.9. The van der Waals surface area contributed by atoms with Gasteiger partial charge >= 0.3 is 17.9 Å². The summed E-state index contributed by atoms with van der Waals surface area (Å²) in [5.41, 5.74) is -2.62. The van der Waals surface area contributed by atoms with Crippen molar-refractivity contribution in [2.24, 2.45) is 0 Å². The second-order valence-electron chi connectivity index (χ2n) is 7.90. The Morgan fingerprint density at radius 3 is 1.80 bits per heavy atom. The van der Waals surface area contributed by atoms with Crippen molar-refractivity contribution in [3.8, 4) is 23.0 Å². The molecule has 2 aromatic rings. The van der Waals surface area contributed by atoms with Gasteiger partial charge in [0.2, 0.25) is 0 Å². The van der Waals surface area contributed by atoms with E-state index in [4.69, 9.17) is 18.9 Å². The zero-order valence-corrected chi connectivity index (χ0v) is 18.7. The molecule has 35 heavy (non-hydrogen) atoms. The molecule has 0 amide bonds. The third kappa shape index (κ3) is 5.39. The van der Waals surface area contributed by atoms with E-state index >= 15 is 0 Å². The Labute approximate surface area is 198 Å². The molecule has 4 unspecified atom stereocenters. The summed E-state index contributed by atoms with van der Waals surface area (Å²) in [7, 11) is 2.54. The summed E-state index contributed by atoms with van der Waals surface area (Å²) in [6.07, 6.45) is -6.18. The molecule has 4 atom stereocenters. The van der Waals surface area contributed by atoms with Gasteiger partial charge in [-0.2, -0.15) is 0 Å². The first-order valence-corrected chi connectivity index (χ1v) is 10.3. The van der Waals surface area contributed by atoms with Gasteiger partial charge in [-0.25, -0.2) is 14.4 Å². The molecule has 12 heteroatoms. The Balaban J connectivity index is 1.88. The van der Waals surface area contributed by atoms with Gasteiger partial charge in [0, 0.05) is 12.8 Å². The molecule has 1 aliphatic carbocycles. The number of hydrogen-bond acceptors (Lipinski definition) is 11. The fourth-order valence-electron chi connectivity index (χ4n) is 3.69. The molecular formula is C23H24O12. The van der Waals surface area contributed by atoms with Crippen LogP contribution in [0.3, 0.4) is 0 Å². The third-order valence-corrected chi connectivity index (χ3v) is 5.56. The summed E-state index contributed by atoms with van der Waals surface area (Å²) < 4.78 is 20.6. The Hall–Kier alpha value is -4.03. The van der Waals surface area contributed by atoms with Gasteiger partial charge in [0.15, 0.2) is 34.7 Å². The van der Waals surface area contributed by atoms with E-state index < -0.39 is 54.7 Å². The lowest BCUT2D eigenvalue weighted by molar-refractivity contribution is -0.187. The van der Waals surface area contributed by atoms with Gasteiger partial charge in [-0.05, 0) is 36.4 Å². The predicted octanol–water partition coefficient (Wildman–Crippen LogP) is 0.836. The zero-order chi connectivity index (χ0) is 25.9. The van der Waals surface area contributed by atoms with Crippen molar-refractivity contribution < 1.29 is 58.9 Å². The molecule has 0 aromatic heterocycles. The Bertz CT molecular complexity index is 1130. The topological polar surface area (TPSA) is 189 Å². The van der Waals surface area contributed by atoms with E-state index in [9.17, 15) is 39.9 Å². The molecule has 3 rings (SSSR count). The molecule has 12 nitrogen and oxygen atoms in total. The smallest absolute Gasteiger partial charge is 0.338 e. The lowest BCUT2D eigenvalue weighted by atomic mass is 9.79. The maximum atomic E-state index is 12.7. The van der Waals surface area contributed by atoms with Crippen LogP contribution >= 0.6 is 0 Å². The number of phenols is 2. The number of ether oxygens (including phenoxy) is 4. The van der Waals surface area contributed by atoms with Crippen LogP contribution in [-0.2, 0) is 14.3 Å². The molecule has 0 saturated heterocycles. The van der Waals surface area contributed by atoms with E-state index in [1.807, 2.05) is 0 Å². The average Bonchev–Trinajstić information content (AvgIpc) is 2.81. The lowest BCUT2D eigenvalue weighted by Crippen LogP contribution is -2.58. The summed E-state index contributed by atoms with van der Waals surface area (Å²) in [4.78, 5) is 37.1. The monoisotopic (exact) mass is 492 g/mol. The molecule has 1 fully saturated rings. The van der Waals surface area contributed by atoms with Crippen LogP contribution in [0.5, 0.6) is 23.0 Å². The van der Waals surface area contributed by atoms with Crippen LogP contribution in [0.1, 0.15) is 33.6 Å². The average molecular weight is 492 g/mol. The van der Waals surface area contributed by atoms with Crippen LogP contribution < -0.4 is 9.47 Å². The second-order valence-corrected chi connectivity index (χ2v) is 7.90. The van der Waals surface area contributed by atoms with Crippen molar-refractivity contribution in [2.45, 2.75) is 36.8 Å². The molecule has 0 spiro atoms. The third-order valence-electron chi connectivity index (χ3n) is 5.56. The SMILES string of the molecule is COc1cc(C(=O)OC2CC(O)(C(=O)O)CC(O)C2OC(=O)c2ccc(O)c(OC)c2)ccc1O. The van der Waals surface area contributed by atoms with Crippen LogP contribution in [-0.4, -0.2) is 81.6 Å². The van der Waals surface area contributed by atoms with Crippen LogP contribution in [0.25, 0.3) is 0 Å². The number of aliphatic hydroxyl groups is 2. The van der Waals surface area contributed by atoms with E-state index in [0.29, 0.717) is 0 Å². The first kappa shape index (κ1) is 25.6. The Morgan fingerprint density at radius 2 is 1.34 bits per heavy atom. The van der Waals surface area contributed by atoms with E-state index in [2.05, 4.69) is 0 Å². The van der Waals surface area contributed by atoms with E-state index in [1.165, 1.54) is 50.6 Å². The largest absolute Gasteiger partial charge is 0.504 e. The fourth-order valence-corrected chi connectivity index (χ4v) is 3.69. The zero-order valence-electron chi connectivity index (χ0n) is 18.7. The molecule has 5 N–H and O–H groups in total. The number of aliphatic hydroxyl groups excluding tert-OH is 1. The molecule has 1 aliphatic rings. The molecule has 0 aliphatic heterocycles. The first-order valence-electron chi connectivity index (χ1n) is 10.3. The highest BCUT2D eigenvalue weighted by atomic mass is 16.6. The molecule has 0 heterocycles. The van der Waals surface area contributed by atoms with Crippen molar-refractivity contribution in [1.82, 2.24) is 0 Å². The highest BCUT2D eigenvalue weighted by Crippen LogP contribution is 2.35. The lowest BCUT2D eigenvalue weighted by Gasteiger charge is -2.40. The number of carbonyl (C=O) groups excluding carboxylic acids is 2. The highest BCUT2D eigenvalue weighted by molar-refractivity contribution is 5.91. The van der Waals surface area contributed by atoms with Crippen molar-refractivity contribution >= 4 is 17.9 Å².